The van der Waals surface area contributed by atoms with Crippen LogP contribution in [-0.4, -0.2) is 32.6 Å². The molecule has 0 saturated carbocycles. The van der Waals surface area contributed by atoms with Crippen molar-refractivity contribution in [1.29, 1.82) is 0 Å². The molecule has 0 atom stereocenters. The van der Waals surface area contributed by atoms with E-state index in [0.29, 0.717) is 11.1 Å². The number of benzene rings is 4. The van der Waals surface area contributed by atoms with Crippen LogP contribution in [0.1, 0.15) is 15.9 Å². The van der Waals surface area contributed by atoms with Gasteiger partial charge in [-0.2, -0.15) is 13.5 Å². The first kappa shape index (κ1) is 25.8. The summed E-state index contributed by atoms with van der Waals surface area (Å²) in [6, 6.07) is 20.2. The number of nitro groups is 1. The number of carbonyl (C=O) groups is 1. The van der Waals surface area contributed by atoms with Crippen molar-refractivity contribution in [1.82, 2.24) is 5.43 Å². The lowest BCUT2D eigenvalue weighted by Crippen LogP contribution is -2.17. The molecule has 0 bridgehead atoms. The zero-order valence-electron chi connectivity index (χ0n) is 19.1. The Morgan fingerprint density at radius 1 is 1.03 bits per heavy atom. The summed E-state index contributed by atoms with van der Waals surface area (Å²) in [7, 11) is -2.99. The molecule has 0 heterocycles. The van der Waals surface area contributed by atoms with Crippen LogP contribution in [0, 0.1) is 10.1 Å². The molecule has 10 nitrogen and oxygen atoms in total. The molecule has 12 heteroatoms. The van der Waals surface area contributed by atoms with Gasteiger partial charge < -0.3 is 8.92 Å². The monoisotopic (exact) mass is 583 g/mol. The van der Waals surface area contributed by atoms with Crippen molar-refractivity contribution in [2.45, 2.75) is 4.90 Å². The molecule has 4 aromatic rings. The van der Waals surface area contributed by atoms with Crippen LogP contribution in [0.25, 0.3) is 10.8 Å². The Hall–Kier alpha value is -4.29. The molecule has 0 spiro atoms. The topological polar surface area (TPSA) is 137 Å². The van der Waals surface area contributed by atoms with Crippen molar-refractivity contribution in [3.05, 3.63) is 105 Å². The van der Waals surface area contributed by atoms with E-state index < -0.39 is 20.9 Å². The molecule has 0 aliphatic rings. The highest BCUT2D eigenvalue weighted by molar-refractivity contribution is 9.10. The van der Waals surface area contributed by atoms with E-state index in [2.05, 4.69) is 26.5 Å². The minimum Gasteiger partial charge on any atom is -0.493 e. The predicted octanol–water partition coefficient (Wildman–Crippen LogP) is 5.05. The average Bonchev–Trinajstić information content (AvgIpc) is 2.89. The fourth-order valence-electron chi connectivity index (χ4n) is 3.35. The first-order chi connectivity index (χ1) is 17.7. The number of ether oxygens (including phenoxy) is 1. The van der Waals surface area contributed by atoms with Gasteiger partial charge in [0.2, 0.25) is 0 Å². The minimum atomic E-state index is -4.32. The van der Waals surface area contributed by atoms with Gasteiger partial charge in [0.15, 0.2) is 11.5 Å². The SMILES string of the molecule is COc1cc(/C=N\NC(=O)c2ccc3ccccc3c2)cc(Br)c1OS(=O)(=O)c1ccc([N+](=O)[O-])cc1. The number of nitro benzene ring substituents is 1. The van der Waals surface area contributed by atoms with Crippen molar-refractivity contribution in [3.8, 4) is 11.5 Å². The summed E-state index contributed by atoms with van der Waals surface area (Å²) in [6.45, 7) is 0. The summed E-state index contributed by atoms with van der Waals surface area (Å²) in [5, 5.41) is 16.7. The van der Waals surface area contributed by atoms with Crippen LogP contribution in [0.3, 0.4) is 0 Å². The van der Waals surface area contributed by atoms with Crippen LogP contribution < -0.4 is 14.3 Å². The number of rotatable bonds is 8. The van der Waals surface area contributed by atoms with Gasteiger partial charge in [0.05, 0.1) is 22.7 Å². The standard InChI is InChI=1S/C25H18BrN3O7S/c1-35-23-13-16(15-27-28-25(30)19-7-6-17-4-2-3-5-18(17)14-19)12-22(26)24(23)36-37(33,34)21-10-8-20(9-11-21)29(31)32/h2-15H,1H3,(H,28,30)/b27-15-. The van der Waals surface area contributed by atoms with Crippen molar-refractivity contribution < 1.29 is 27.1 Å². The maximum Gasteiger partial charge on any atom is 0.339 e. The largest absolute Gasteiger partial charge is 0.493 e. The van der Waals surface area contributed by atoms with E-state index in [1.165, 1.54) is 25.5 Å². The third kappa shape index (κ3) is 5.93. The maximum atomic E-state index is 12.7. The lowest BCUT2D eigenvalue weighted by molar-refractivity contribution is -0.384. The Morgan fingerprint density at radius 2 is 1.73 bits per heavy atom. The Bertz CT molecular complexity index is 1640. The summed E-state index contributed by atoms with van der Waals surface area (Å²) in [5.41, 5.74) is 3.11. The number of nitrogens with zero attached hydrogens (tertiary/aromatic N) is 2. The van der Waals surface area contributed by atoms with Crippen LogP contribution in [0.5, 0.6) is 11.5 Å². The lowest BCUT2D eigenvalue weighted by Gasteiger charge is -2.13. The Morgan fingerprint density at radius 3 is 2.41 bits per heavy atom. The third-order valence-corrected chi connectivity index (χ3v) is 7.00. The predicted molar refractivity (Wildman–Crippen MR) is 141 cm³/mol. The maximum absolute atomic E-state index is 12.7. The molecule has 1 N–H and O–H groups in total. The van der Waals surface area contributed by atoms with Gasteiger partial charge in [-0.05, 0) is 68.7 Å². The number of carbonyl (C=O) groups excluding carboxylic acids is 1. The fourth-order valence-corrected chi connectivity index (χ4v) is 4.95. The number of halogens is 1. The molecule has 0 unspecified atom stereocenters. The van der Waals surface area contributed by atoms with Gasteiger partial charge in [-0.3, -0.25) is 14.9 Å². The lowest BCUT2D eigenvalue weighted by atomic mass is 10.1. The molecule has 0 aromatic heterocycles. The molecule has 4 rings (SSSR count). The van der Waals surface area contributed by atoms with E-state index in [1.54, 1.807) is 12.1 Å². The van der Waals surface area contributed by atoms with E-state index in [-0.39, 0.29) is 26.6 Å². The summed E-state index contributed by atoms with van der Waals surface area (Å²) in [4.78, 5) is 22.4. The van der Waals surface area contributed by atoms with Crippen LogP contribution in [-0.2, 0) is 10.1 Å². The second-order valence-corrected chi connectivity index (χ2v) is 9.98. The number of hydrogen-bond donors (Lipinski definition) is 1. The molecule has 188 valence electrons. The normalized spacial score (nSPS) is 11.4. The zero-order chi connectivity index (χ0) is 26.6. The molecule has 0 fully saturated rings. The number of methoxy groups -OCH3 is 1. The second kappa shape index (κ2) is 10.8. The van der Waals surface area contributed by atoms with Gasteiger partial charge >= 0.3 is 10.1 Å². The molecule has 37 heavy (non-hydrogen) atoms. The van der Waals surface area contributed by atoms with Crippen molar-refractivity contribution >= 4 is 54.6 Å². The zero-order valence-corrected chi connectivity index (χ0v) is 21.5. The van der Waals surface area contributed by atoms with E-state index in [1.807, 2.05) is 30.3 Å². The molecule has 4 aromatic carbocycles. The highest BCUT2D eigenvalue weighted by Crippen LogP contribution is 2.38. The molecular weight excluding hydrogens is 566 g/mol. The van der Waals surface area contributed by atoms with E-state index in [9.17, 15) is 23.3 Å². The van der Waals surface area contributed by atoms with Crippen LogP contribution in [0.4, 0.5) is 5.69 Å². The fraction of sp³-hybridized carbons (Fsp3) is 0.0400. The molecule has 0 radical (unpaired) electrons. The second-order valence-electron chi connectivity index (χ2n) is 7.58. The molecule has 0 aliphatic heterocycles. The molecule has 0 aliphatic carbocycles. The number of fused-ring (bicyclic) bond motifs is 1. The van der Waals surface area contributed by atoms with Gasteiger partial charge in [-0.15, -0.1) is 0 Å². The molecule has 0 saturated heterocycles. The van der Waals surface area contributed by atoms with Crippen LogP contribution >= 0.6 is 15.9 Å². The van der Waals surface area contributed by atoms with Crippen molar-refractivity contribution in [2.75, 3.05) is 7.11 Å². The van der Waals surface area contributed by atoms with Gasteiger partial charge in [-0.25, -0.2) is 5.43 Å². The molecule has 1 amide bonds. The van der Waals surface area contributed by atoms with Gasteiger partial charge in [-0.1, -0.05) is 30.3 Å². The number of non-ortho nitro benzene ring substituents is 1. The van der Waals surface area contributed by atoms with E-state index in [4.69, 9.17) is 8.92 Å². The average molecular weight is 584 g/mol. The summed E-state index contributed by atoms with van der Waals surface area (Å²) in [6.07, 6.45) is 1.36. The first-order valence-corrected chi connectivity index (χ1v) is 12.8. The number of amides is 1. The van der Waals surface area contributed by atoms with Crippen LogP contribution in [0.15, 0.2) is 93.3 Å². The van der Waals surface area contributed by atoms with Gasteiger partial charge in [0.1, 0.15) is 4.90 Å². The Kier molecular flexibility index (Phi) is 7.50. The highest BCUT2D eigenvalue weighted by atomic mass is 79.9. The number of hydrogen-bond acceptors (Lipinski definition) is 8. The van der Waals surface area contributed by atoms with Gasteiger partial charge in [0, 0.05) is 17.7 Å². The van der Waals surface area contributed by atoms with Crippen molar-refractivity contribution in [2.24, 2.45) is 5.10 Å². The molecular formula is C25H18BrN3O7S. The quantitative estimate of drug-likeness (QED) is 0.132. The summed E-state index contributed by atoms with van der Waals surface area (Å²) >= 11 is 3.27. The van der Waals surface area contributed by atoms with Gasteiger partial charge in [0.25, 0.3) is 11.6 Å². The number of hydrazone groups is 1. The Balaban J connectivity index is 1.50. The third-order valence-electron chi connectivity index (χ3n) is 5.17. The van der Waals surface area contributed by atoms with Crippen molar-refractivity contribution in [3.63, 3.8) is 0 Å². The first-order valence-electron chi connectivity index (χ1n) is 10.6. The summed E-state index contributed by atoms with van der Waals surface area (Å²) in [5.74, 6) is -0.456. The smallest absolute Gasteiger partial charge is 0.339 e. The summed E-state index contributed by atoms with van der Waals surface area (Å²) < 4.78 is 36.2. The van der Waals surface area contributed by atoms with Crippen LogP contribution in [0.2, 0.25) is 0 Å². The Labute approximate surface area is 219 Å². The highest BCUT2D eigenvalue weighted by Gasteiger charge is 2.23. The van der Waals surface area contributed by atoms with E-state index >= 15 is 0 Å². The van der Waals surface area contributed by atoms with E-state index in [0.717, 1.165) is 35.0 Å². The minimum absolute atomic E-state index is 0.0715. The number of nitrogens with one attached hydrogen (secondary N) is 1.